The highest BCUT2D eigenvalue weighted by Gasteiger charge is 2.12. The molecule has 0 fully saturated rings. The van der Waals surface area contributed by atoms with Gasteiger partial charge < -0.3 is 10.1 Å². The molecular formula is C19H23N3O3S. The molecule has 0 spiro atoms. The van der Waals surface area contributed by atoms with Crippen LogP contribution in [-0.4, -0.2) is 34.2 Å². The van der Waals surface area contributed by atoms with Crippen LogP contribution in [0.15, 0.2) is 35.5 Å². The maximum absolute atomic E-state index is 12.0. The predicted octanol–water partition coefficient (Wildman–Crippen LogP) is 3.49. The van der Waals surface area contributed by atoms with E-state index in [0.29, 0.717) is 5.16 Å². The molecule has 0 saturated carbocycles. The fourth-order valence-electron chi connectivity index (χ4n) is 2.37. The molecule has 0 bridgehead atoms. The van der Waals surface area contributed by atoms with Gasteiger partial charge in [-0.1, -0.05) is 43.8 Å². The number of hydrogen-bond acceptors (Lipinski definition) is 6. The molecular weight excluding hydrogens is 350 g/mol. The molecule has 0 radical (unpaired) electrons. The van der Waals surface area contributed by atoms with Gasteiger partial charge in [-0.2, -0.15) is 0 Å². The van der Waals surface area contributed by atoms with E-state index < -0.39 is 5.97 Å². The molecule has 1 N–H and O–H groups in total. The molecule has 1 aromatic heterocycles. The molecule has 6 nitrogen and oxygen atoms in total. The lowest BCUT2D eigenvalue weighted by atomic mass is 10.0. The monoisotopic (exact) mass is 373 g/mol. The van der Waals surface area contributed by atoms with Crippen LogP contribution in [0.25, 0.3) is 0 Å². The van der Waals surface area contributed by atoms with E-state index >= 15 is 0 Å². The topological polar surface area (TPSA) is 81.2 Å². The highest BCUT2D eigenvalue weighted by atomic mass is 32.2. The van der Waals surface area contributed by atoms with Gasteiger partial charge in [0.25, 0.3) is 5.91 Å². The Morgan fingerprint density at radius 2 is 1.81 bits per heavy atom. The third kappa shape index (κ3) is 6.15. The van der Waals surface area contributed by atoms with Gasteiger partial charge in [-0.15, -0.1) is 0 Å². The van der Waals surface area contributed by atoms with Crippen molar-refractivity contribution in [2.24, 2.45) is 0 Å². The maximum atomic E-state index is 12.0. The van der Waals surface area contributed by atoms with Gasteiger partial charge in [-0.05, 0) is 37.5 Å². The van der Waals surface area contributed by atoms with Gasteiger partial charge in [0, 0.05) is 17.1 Å². The highest BCUT2D eigenvalue weighted by Crippen LogP contribution is 2.23. The standard InChI is InChI=1S/C19H23N3O3S/c1-12(2)15-7-5-6-8-16(15)22-17(23)10-25-18(24)11-26-19-20-13(3)9-14(4)21-19/h5-9,12H,10-11H2,1-4H3,(H,22,23). The van der Waals surface area contributed by atoms with Crippen LogP contribution in [0.5, 0.6) is 0 Å². The molecule has 0 aliphatic carbocycles. The summed E-state index contributed by atoms with van der Waals surface area (Å²) in [5, 5.41) is 3.31. The normalized spacial score (nSPS) is 10.7. The molecule has 2 aromatic rings. The Morgan fingerprint density at radius 1 is 1.15 bits per heavy atom. The number of carbonyl (C=O) groups is 2. The van der Waals surface area contributed by atoms with Crippen LogP contribution in [0.3, 0.4) is 0 Å². The summed E-state index contributed by atoms with van der Waals surface area (Å²) in [6, 6.07) is 9.45. The van der Waals surface area contributed by atoms with Crippen LogP contribution in [0.1, 0.15) is 36.7 Å². The quantitative estimate of drug-likeness (QED) is 0.454. The fraction of sp³-hybridized carbons (Fsp3) is 0.368. The number of aryl methyl sites for hydroxylation is 2. The Labute approximate surface area is 157 Å². The number of esters is 1. The number of benzene rings is 1. The van der Waals surface area contributed by atoms with Gasteiger partial charge in [0.05, 0.1) is 5.75 Å². The molecule has 1 heterocycles. The molecule has 0 aliphatic rings. The van der Waals surface area contributed by atoms with Crippen LogP contribution < -0.4 is 5.32 Å². The Morgan fingerprint density at radius 3 is 2.46 bits per heavy atom. The largest absolute Gasteiger partial charge is 0.455 e. The van der Waals surface area contributed by atoms with E-state index in [4.69, 9.17) is 4.74 Å². The van der Waals surface area contributed by atoms with Gasteiger partial charge in [-0.3, -0.25) is 9.59 Å². The lowest BCUT2D eigenvalue weighted by Gasteiger charge is -2.13. The first-order valence-electron chi connectivity index (χ1n) is 8.34. The van der Waals surface area contributed by atoms with E-state index in [1.165, 1.54) is 11.8 Å². The number of nitrogens with zero attached hydrogens (tertiary/aromatic N) is 2. The predicted molar refractivity (Wildman–Crippen MR) is 102 cm³/mol. The van der Waals surface area contributed by atoms with Crippen molar-refractivity contribution in [1.82, 2.24) is 9.97 Å². The summed E-state index contributed by atoms with van der Waals surface area (Å²) in [5.74, 6) is -0.508. The van der Waals surface area contributed by atoms with Crippen LogP contribution in [0.2, 0.25) is 0 Å². The number of nitrogens with one attached hydrogen (secondary N) is 1. The third-order valence-corrected chi connectivity index (χ3v) is 4.32. The lowest BCUT2D eigenvalue weighted by molar-refractivity contribution is -0.144. The van der Waals surface area contributed by atoms with Crippen molar-refractivity contribution < 1.29 is 14.3 Å². The van der Waals surface area contributed by atoms with Crippen LogP contribution in [-0.2, 0) is 14.3 Å². The minimum Gasteiger partial charge on any atom is -0.455 e. The molecule has 0 atom stereocenters. The molecule has 2 rings (SSSR count). The molecule has 138 valence electrons. The van der Waals surface area contributed by atoms with E-state index in [-0.39, 0.29) is 24.2 Å². The molecule has 0 aliphatic heterocycles. The number of rotatable bonds is 7. The van der Waals surface area contributed by atoms with E-state index in [2.05, 4.69) is 29.1 Å². The Hall–Kier alpha value is -2.41. The number of aromatic nitrogens is 2. The van der Waals surface area contributed by atoms with Crippen LogP contribution in [0, 0.1) is 13.8 Å². The second-order valence-electron chi connectivity index (χ2n) is 6.17. The van der Waals surface area contributed by atoms with Crippen molar-refractivity contribution in [2.45, 2.75) is 38.8 Å². The molecule has 26 heavy (non-hydrogen) atoms. The van der Waals surface area contributed by atoms with Gasteiger partial charge >= 0.3 is 5.97 Å². The van der Waals surface area contributed by atoms with Gasteiger partial charge in [-0.25, -0.2) is 9.97 Å². The van der Waals surface area contributed by atoms with Crippen molar-refractivity contribution in [2.75, 3.05) is 17.7 Å². The lowest BCUT2D eigenvalue weighted by Crippen LogP contribution is -2.22. The number of thioether (sulfide) groups is 1. The fourth-order valence-corrected chi connectivity index (χ4v) is 3.12. The molecule has 0 saturated heterocycles. The number of amides is 1. The van der Waals surface area contributed by atoms with E-state index in [1.807, 2.05) is 44.2 Å². The van der Waals surface area contributed by atoms with Crippen molar-refractivity contribution in [1.29, 1.82) is 0 Å². The third-order valence-electron chi connectivity index (χ3n) is 3.50. The zero-order valence-electron chi connectivity index (χ0n) is 15.4. The summed E-state index contributed by atoms with van der Waals surface area (Å²) in [6.07, 6.45) is 0. The SMILES string of the molecule is Cc1cc(C)nc(SCC(=O)OCC(=O)Nc2ccccc2C(C)C)n1. The maximum Gasteiger partial charge on any atom is 0.316 e. The van der Waals surface area contributed by atoms with Crippen molar-refractivity contribution in [3.63, 3.8) is 0 Å². The number of ether oxygens (including phenoxy) is 1. The van der Waals surface area contributed by atoms with Gasteiger partial charge in [0.15, 0.2) is 11.8 Å². The Balaban J connectivity index is 1.81. The smallest absolute Gasteiger partial charge is 0.316 e. The average Bonchev–Trinajstić information content (AvgIpc) is 2.57. The number of anilines is 1. The minimum atomic E-state index is -0.481. The first kappa shape index (κ1) is 19.9. The second-order valence-corrected chi connectivity index (χ2v) is 7.12. The summed E-state index contributed by atoms with van der Waals surface area (Å²) in [4.78, 5) is 32.4. The van der Waals surface area contributed by atoms with E-state index in [1.54, 1.807) is 0 Å². The molecule has 1 amide bonds. The molecule has 1 aromatic carbocycles. The van der Waals surface area contributed by atoms with Gasteiger partial charge in [0.1, 0.15) is 0 Å². The number of para-hydroxylation sites is 1. The van der Waals surface area contributed by atoms with Gasteiger partial charge in [0.2, 0.25) is 0 Å². The Kier molecular flexibility index (Phi) is 7.15. The first-order chi connectivity index (χ1) is 12.3. The van der Waals surface area contributed by atoms with Crippen molar-refractivity contribution >= 4 is 29.3 Å². The van der Waals surface area contributed by atoms with E-state index in [0.717, 1.165) is 22.6 Å². The summed E-state index contributed by atoms with van der Waals surface area (Å²) in [6.45, 7) is 7.53. The number of carbonyl (C=O) groups excluding carboxylic acids is 2. The summed E-state index contributed by atoms with van der Waals surface area (Å²) in [5.41, 5.74) is 3.46. The number of hydrogen-bond donors (Lipinski definition) is 1. The first-order valence-corrected chi connectivity index (χ1v) is 9.33. The summed E-state index contributed by atoms with van der Waals surface area (Å²) < 4.78 is 5.03. The zero-order valence-corrected chi connectivity index (χ0v) is 16.2. The van der Waals surface area contributed by atoms with E-state index in [9.17, 15) is 9.59 Å². The zero-order chi connectivity index (χ0) is 19.1. The molecule has 0 unspecified atom stereocenters. The second kappa shape index (κ2) is 9.33. The van der Waals surface area contributed by atoms with Crippen molar-refractivity contribution in [3.8, 4) is 0 Å². The Bertz CT molecular complexity index is 773. The van der Waals surface area contributed by atoms with Crippen LogP contribution in [0.4, 0.5) is 5.69 Å². The van der Waals surface area contributed by atoms with Crippen molar-refractivity contribution in [3.05, 3.63) is 47.3 Å². The summed E-state index contributed by atoms with van der Waals surface area (Å²) >= 11 is 1.19. The minimum absolute atomic E-state index is 0.0543. The molecule has 7 heteroatoms. The van der Waals surface area contributed by atoms with Crippen LogP contribution >= 0.6 is 11.8 Å². The highest BCUT2D eigenvalue weighted by molar-refractivity contribution is 7.99. The summed E-state index contributed by atoms with van der Waals surface area (Å²) in [7, 11) is 0. The average molecular weight is 373 g/mol.